The first kappa shape index (κ1) is 27.7. The second-order valence-electron chi connectivity index (χ2n) is 7.42. The van der Waals surface area contributed by atoms with Gasteiger partial charge in [-0.1, -0.05) is 12.7 Å². The molecule has 0 saturated carbocycles. The molecule has 0 saturated heterocycles. The minimum absolute atomic E-state index is 0.00271. The van der Waals surface area contributed by atoms with Gasteiger partial charge in [0, 0.05) is 38.3 Å². The molecule has 1 unspecified atom stereocenters. The highest BCUT2D eigenvalue weighted by atomic mass is 19.4. The third kappa shape index (κ3) is 7.20. The molecule has 0 N–H and O–H groups in total. The number of carbonyl (C=O) groups excluding carboxylic acids is 1. The highest BCUT2D eigenvalue weighted by Crippen LogP contribution is 2.32. The SMILES string of the molecule is C=C/C=C\N(C)c1ncc(C(F)(F)F)cc1C(=O)N(CC)C(C)COc1ccc(C(F)(F)F)cn1. The van der Waals surface area contributed by atoms with E-state index in [1.165, 1.54) is 35.2 Å². The fraction of sp³-hybridized carbons (Fsp3) is 0.348. The van der Waals surface area contributed by atoms with Crippen LogP contribution < -0.4 is 9.64 Å². The van der Waals surface area contributed by atoms with Gasteiger partial charge in [-0.25, -0.2) is 9.97 Å². The Morgan fingerprint density at radius 3 is 2.26 bits per heavy atom. The summed E-state index contributed by atoms with van der Waals surface area (Å²) in [5.41, 5.74) is -2.31. The topological polar surface area (TPSA) is 58.6 Å². The smallest absolute Gasteiger partial charge is 0.417 e. The van der Waals surface area contributed by atoms with Crippen LogP contribution in [0.1, 0.15) is 35.3 Å². The van der Waals surface area contributed by atoms with Gasteiger partial charge in [-0.3, -0.25) is 4.79 Å². The Morgan fingerprint density at radius 1 is 1.11 bits per heavy atom. The number of hydrogen-bond donors (Lipinski definition) is 0. The molecule has 2 aromatic heterocycles. The Morgan fingerprint density at radius 2 is 1.74 bits per heavy atom. The summed E-state index contributed by atoms with van der Waals surface area (Å²) in [7, 11) is 1.52. The summed E-state index contributed by atoms with van der Waals surface area (Å²) >= 11 is 0. The molecular formula is C23H24F6N4O2. The third-order valence-corrected chi connectivity index (χ3v) is 4.87. The Kier molecular flexibility index (Phi) is 8.88. The molecule has 0 aromatic carbocycles. The molecule has 0 radical (unpaired) electrons. The van der Waals surface area contributed by atoms with Crippen molar-refractivity contribution >= 4 is 11.7 Å². The Labute approximate surface area is 198 Å². The van der Waals surface area contributed by atoms with E-state index in [2.05, 4.69) is 16.5 Å². The molecule has 0 spiro atoms. The second-order valence-corrected chi connectivity index (χ2v) is 7.42. The molecule has 2 heterocycles. The van der Waals surface area contributed by atoms with Crippen molar-refractivity contribution in [1.29, 1.82) is 0 Å². The predicted molar refractivity (Wildman–Crippen MR) is 118 cm³/mol. The van der Waals surface area contributed by atoms with Crippen molar-refractivity contribution in [2.45, 2.75) is 32.2 Å². The van der Waals surface area contributed by atoms with E-state index in [1.54, 1.807) is 13.8 Å². The zero-order chi connectivity index (χ0) is 26.4. The summed E-state index contributed by atoms with van der Waals surface area (Å²) in [4.78, 5) is 23.4. The number of hydrogen-bond acceptors (Lipinski definition) is 5. The molecular weight excluding hydrogens is 478 g/mol. The van der Waals surface area contributed by atoms with E-state index in [4.69, 9.17) is 4.74 Å². The highest BCUT2D eigenvalue weighted by Gasteiger charge is 2.34. The lowest BCUT2D eigenvalue weighted by Crippen LogP contribution is -2.42. The van der Waals surface area contributed by atoms with Gasteiger partial charge in [0.2, 0.25) is 5.88 Å². The summed E-state index contributed by atoms with van der Waals surface area (Å²) in [6, 6.07) is 1.93. The van der Waals surface area contributed by atoms with Gasteiger partial charge in [-0.05, 0) is 32.1 Å². The molecule has 2 rings (SSSR count). The van der Waals surface area contributed by atoms with Gasteiger partial charge >= 0.3 is 12.4 Å². The van der Waals surface area contributed by atoms with Crippen LogP contribution in [0.15, 0.2) is 55.5 Å². The Bertz CT molecular complexity index is 1050. The minimum atomic E-state index is -4.71. The number of carbonyl (C=O) groups is 1. The van der Waals surface area contributed by atoms with Gasteiger partial charge in [0.25, 0.3) is 5.91 Å². The van der Waals surface area contributed by atoms with Crippen LogP contribution in [0.25, 0.3) is 0 Å². The molecule has 35 heavy (non-hydrogen) atoms. The maximum Gasteiger partial charge on any atom is 0.417 e. The molecule has 12 heteroatoms. The number of anilines is 1. The van der Waals surface area contributed by atoms with Gasteiger partial charge in [-0.15, -0.1) is 0 Å². The third-order valence-electron chi connectivity index (χ3n) is 4.87. The maximum absolute atomic E-state index is 13.3. The minimum Gasteiger partial charge on any atom is -0.475 e. The zero-order valence-electron chi connectivity index (χ0n) is 19.2. The van der Waals surface area contributed by atoms with Crippen LogP contribution in [0, 0.1) is 0 Å². The lowest BCUT2D eigenvalue weighted by Gasteiger charge is -2.29. The first-order chi connectivity index (χ1) is 16.3. The first-order valence-electron chi connectivity index (χ1n) is 10.4. The van der Waals surface area contributed by atoms with Gasteiger partial charge in [-0.2, -0.15) is 26.3 Å². The Balaban J connectivity index is 2.29. The number of alkyl halides is 6. The van der Waals surface area contributed by atoms with Crippen molar-refractivity contribution in [3.63, 3.8) is 0 Å². The van der Waals surface area contributed by atoms with Gasteiger partial charge < -0.3 is 14.5 Å². The largest absolute Gasteiger partial charge is 0.475 e. The molecule has 2 aromatic rings. The molecule has 0 aliphatic heterocycles. The van der Waals surface area contributed by atoms with E-state index in [0.29, 0.717) is 12.4 Å². The molecule has 0 fully saturated rings. The molecule has 1 atom stereocenters. The summed E-state index contributed by atoms with van der Waals surface area (Å²) in [6.45, 7) is 6.70. The number of allylic oxidation sites excluding steroid dienone is 2. The number of pyridine rings is 2. The molecule has 190 valence electrons. The number of halogens is 6. The second kappa shape index (κ2) is 11.2. The number of amides is 1. The molecule has 1 amide bonds. The van der Waals surface area contributed by atoms with E-state index >= 15 is 0 Å². The van der Waals surface area contributed by atoms with Crippen LogP contribution >= 0.6 is 0 Å². The van der Waals surface area contributed by atoms with E-state index in [0.717, 1.165) is 18.2 Å². The highest BCUT2D eigenvalue weighted by molar-refractivity contribution is 5.99. The van der Waals surface area contributed by atoms with Crippen LogP contribution in [-0.4, -0.2) is 47.0 Å². The van der Waals surface area contributed by atoms with Gasteiger partial charge in [0.1, 0.15) is 12.4 Å². The predicted octanol–water partition coefficient (Wildman–Crippen LogP) is 5.58. The van der Waals surface area contributed by atoms with Crippen molar-refractivity contribution in [3.05, 3.63) is 72.2 Å². The van der Waals surface area contributed by atoms with Crippen LogP contribution in [-0.2, 0) is 12.4 Å². The lowest BCUT2D eigenvalue weighted by molar-refractivity contribution is -0.138. The summed E-state index contributed by atoms with van der Waals surface area (Å²) in [6.07, 6.45) is -3.53. The van der Waals surface area contributed by atoms with Crippen molar-refractivity contribution in [3.8, 4) is 5.88 Å². The summed E-state index contributed by atoms with van der Waals surface area (Å²) < 4.78 is 83.4. The normalized spacial score (nSPS) is 12.9. The molecule has 6 nitrogen and oxygen atoms in total. The monoisotopic (exact) mass is 502 g/mol. The zero-order valence-corrected chi connectivity index (χ0v) is 19.2. The van der Waals surface area contributed by atoms with E-state index < -0.39 is 35.4 Å². The van der Waals surface area contributed by atoms with Crippen molar-refractivity contribution in [2.75, 3.05) is 25.1 Å². The fourth-order valence-corrected chi connectivity index (χ4v) is 3.05. The number of likely N-dealkylation sites (N-methyl/N-ethyl adjacent to an activating group) is 1. The van der Waals surface area contributed by atoms with Crippen LogP contribution in [0.5, 0.6) is 5.88 Å². The van der Waals surface area contributed by atoms with Gasteiger partial charge in [0.15, 0.2) is 0 Å². The van der Waals surface area contributed by atoms with Crippen LogP contribution in [0.4, 0.5) is 32.2 Å². The lowest BCUT2D eigenvalue weighted by atomic mass is 10.1. The number of aromatic nitrogens is 2. The first-order valence-corrected chi connectivity index (χ1v) is 10.4. The van der Waals surface area contributed by atoms with Crippen molar-refractivity contribution in [1.82, 2.24) is 14.9 Å². The fourth-order valence-electron chi connectivity index (χ4n) is 3.05. The average Bonchev–Trinajstić information content (AvgIpc) is 2.80. The summed E-state index contributed by atoms with van der Waals surface area (Å²) in [5.74, 6) is -0.822. The molecule has 0 aliphatic rings. The quantitative estimate of drug-likeness (QED) is 0.331. The number of ether oxygens (including phenoxy) is 1. The van der Waals surface area contributed by atoms with Crippen LogP contribution in [0.3, 0.4) is 0 Å². The van der Waals surface area contributed by atoms with Gasteiger partial charge in [0.05, 0.1) is 22.7 Å². The maximum atomic E-state index is 13.3. The van der Waals surface area contributed by atoms with E-state index in [-0.39, 0.29) is 30.4 Å². The standard InChI is InChI=1S/C23H24F6N4O2/c1-5-7-10-32(4)20-18(11-17(13-31-20)23(27,28)29)21(34)33(6-2)15(3)14-35-19-9-8-16(12-30-19)22(24,25)26/h5,7-13,15H,1,6,14H2,2-4H3/b10-7-. The molecule has 0 bridgehead atoms. The number of rotatable bonds is 9. The van der Waals surface area contributed by atoms with E-state index in [1.807, 2.05) is 0 Å². The van der Waals surface area contributed by atoms with Crippen LogP contribution in [0.2, 0.25) is 0 Å². The Hall–Kier alpha value is -3.57. The molecule has 0 aliphatic carbocycles. The average molecular weight is 502 g/mol. The van der Waals surface area contributed by atoms with E-state index in [9.17, 15) is 31.1 Å². The van der Waals surface area contributed by atoms with Crippen molar-refractivity contribution in [2.24, 2.45) is 0 Å². The van der Waals surface area contributed by atoms with Crippen molar-refractivity contribution < 1.29 is 35.9 Å². The summed E-state index contributed by atoms with van der Waals surface area (Å²) in [5, 5.41) is 0. The number of nitrogens with zero attached hydrogens (tertiary/aromatic N) is 4.